The van der Waals surface area contributed by atoms with Crippen LogP contribution in [0.5, 0.6) is 34.5 Å². The summed E-state index contributed by atoms with van der Waals surface area (Å²) >= 11 is 3.18. The van der Waals surface area contributed by atoms with E-state index in [4.69, 9.17) is 28.8 Å². The standard InChI is InChI=1S/C11H15FO4.C8H9FO3.C3H7BrO/c1-13-4-5-16-11-6-8(12)9(14-2)7-10(11)15-3;1-11-7-4-8(12-2)6(10)3-5(7)9;1-5-3-2-4/h6-7H,4-5H2,1-3H3;3-4,10H,1-2H3;2-3H2,1H3. The van der Waals surface area contributed by atoms with Crippen molar-refractivity contribution < 1.29 is 47.0 Å². The fourth-order valence-corrected chi connectivity index (χ4v) is 2.43. The van der Waals surface area contributed by atoms with Gasteiger partial charge in [0.2, 0.25) is 0 Å². The van der Waals surface area contributed by atoms with Gasteiger partial charge < -0.3 is 38.3 Å². The molecule has 0 aliphatic carbocycles. The van der Waals surface area contributed by atoms with Crippen molar-refractivity contribution in [1.82, 2.24) is 0 Å². The van der Waals surface area contributed by atoms with Gasteiger partial charge in [0.05, 0.1) is 41.7 Å². The van der Waals surface area contributed by atoms with Crippen LogP contribution in [0.25, 0.3) is 0 Å². The number of rotatable bonds is 10. The molecule has 0 atom stereocenters. The highest BCUT2D eigenvalue weighted by Gasteiger charge is 2.12. The van der Waals surface area contributed by atoms with Crippen LogP contribution in [0.15, 0.2) is 24.3 Å². The Bertz CT molecular complexity index is 781. The normalized spacial score (nSPS) is 9.61. The maximum absolute atomic E-state index is 13.4. The Morgan fingerprint density at radius 2 is 1.12 bits per heavy atom. The molecule has 0 heterocycles. The first-order chi connectivity index (χ1) is 15.8. The van der Waals surface area contributed by atoms with Gasteiger partial charge in [-0.2, -0.15) is 0 Å². The highest BCUT2D eigenvalue weighted by Crippen LogP contribution is 2.34. The van der Waals surface area contributed by atoms with Gasteiger partial charge in [-0.05, 0) is 0 Å². The molecule has 0 radical (unpaired) electrons. The molecule has 0 aliphatic rings. The molecule has 33 heavy (non-hydrogen) atoms. The van der Waals surface area contributed by atoms with E-state index in [2.05, 4.69) is 25.4 Å². The molecule has 0 fully saturated rings. The number of methoxy groups -OCH3 is 6. The zero-order valence-corrected chi connectivity index (χ0v) is 21.2. The summed E-state index contributed by atoms with van der Waals surface area (Å²) in [5.74, 6) is -0.233. The number of alkyl halides is 1. The molecule has 1 N–H and O–H groups in total. The zero-order chi connectivity index (χ0) is 25.2. The summed E-state index contributed by atoms with van der Waals surface area (Å²) in [4.78, 5) is 0. The van der Waals surface area contributed by atoms with Gasteiger partial charge in [0.25, 0.3) is 0 Å². The number of phenolic OH excluding ortho intramolecular Hbond substituents is 1. The van der Waals surface area contributed by atoms with E-state index in [0.717, 1.165) is 18.0 Å². The molecule has 0 aromatic heterocycles. The lowest BCUT2D eigenvalue weighted by atomic mass is 10.3. The van der Waals surface area contributed by atoms with Crippen LogP contribution in [0.2, 0.25) is 0 Å². The quantitative estimate of drug-likeness (QED) is 0.349. The van der Waals surface area contributed by atoms with Crippen LogP contribution >= 0.6 is 15.9 Å². The number of halogens is 3. The van der Waals surface area contributed by atoms with E-state index in [-0.39, 0.29) is 23.0 Å². The molecule has 0 saturated carbocycles. The minimum absolute atomic E-state index is 0.0460. The topological polar surface area (TPSA) is 84.8 Å². The Kier molecular flexibility index (Phi) is 16.6. The Balaban J connectivity index is 0.000000530. The molecular formula is C22H31BrF2O8. The lowest BCUT2D eigenvalue weighted by molar-refractivity contribution is 0.144. The fraction of sp³-hybridized carbons (Fsp3) is 0.455. The largest absolute Gasteiger partial charge is 0.504 e. The molecule has 11 heteroatoms. The Morgan fingerprint density at radius 3 is 1.55 bits per heavy atom. The predicted molar refractivity (Wildman–Crippen MR) is 124 cm³/mol. The van der Waals surface area contributed by atoms with E-state index in [1.807, 2.05) is 0 Å². The third kappa shape index (κ3) is 11.3. The molecular weight excluding hydrogens is 510 g/mol. The Hall–Kier alpha value is -2.50. The molecule has 0 saturated heterocycles. The van der Waals surface area contributed by atoms with E-state index < -0.39 is 11.6 Å². The van der Waals surface area contributed by atoms with Crippen molar-refractivity contribution in [3.05, 3.63) is 35.9 Å². The summed E-state index contributed by atoms with van der Waals surface area (Å²) in [6.45, 7) is 1.56. The second kappa shape index (κ2) is 18.0. The van der Waals surface area contributed by atoms with Crippen molar-refractivity contribution >= 4 is 15.9 Å². The lowest BCUT2D eigenvalue weighted by Gasteiger charge is -2.12. The number of phenols is 1. The van der Waals surface area contributed by atoms with Crippen LogP contribution in [0.1, 0.15) is 0 Å². The average molecular weight is 541 g/mol. The SMILES string of the molecule is COCCBr.COCCOc1cc(F)c(OC)cc1OC.COc1cc(OC)c(F)cc1O. The van der Waals surface area contributed by atoms with E-state index in [0.29, 0.717) is 24.7 Å². The van der Waals surface area contributed by atoms with Gasteiger partial charge in [0.15, 0.2) is 46.1 Å². The van der Waals surface area contributed by atoms with Gasteiger partial charge in [-0.25, -0.2) is 8.78 Å². The third-order valence-electron chi connectivity index (χ3n) is 3.72. The smallest absolute Gasteiger partial charge is 0.169 e. The van der Waals surface area contributed by atoms with Gasteiger partial charge in [-0.1, -0.05) is 15.9 Å². The van der Waals surface area contributed by atoms with Crippen LogP contribution < -0.4 is 23.7 Å². The van der Waals surface area contributed by atoms with Gasteiger partial charge in [-0.15, -0.1) is 0 Å². The van der Waals surface area contributed by atoms with Crippen molar-refractivity contribution in [2.45, 2.75) is 0 Å². The van der Waals surface area contributed by atoms with Crippen LogP contribution in [0.3, 0.4) is 0 Å². The number of hydrogen-bond donors (Lipinski definition) is 1. The summed E-state index contributed by atoms with van der Waals surface area (Å²) in [5.41, 5.74) is 0. The number of hydrogen-bond acceptors (Lipinski definition) is 8. The first-order valence-electron chi connectivity index (χ1n) is 9.51. The maximum Gasteiger partial charge on any atom is 0.169 e. The molecule has 2 rings (SSSR count). The molecule has 0 unspecified atom stereocenters. The highest BCUT2D eigenvalue weighted by molar-refractivity contribution is 9.09. The summed E-state index contributed by atoms with van der Waals surface area (Å²) in [6, 6.07) is 4.90. The molecule has 0 spiro atoms. The van der Waals surface area contributed by atoms with Gasteiger partial charge in [0.1, 0.15) is 6.61 Å². The number of ether oxygens (including phenoxy) is 7. The van der Waals surface area contributed by atoms with Crippen molar-refractivity contribution in [3.8, 4) is 34.5 Å². The van der Waals surface area contributed by atoms with Crippen molar-refractivity contribution in [2.24, 2.45) is 0 Å². The second-order valence-electron chi connectivity index (χ2n) is 5.82. The van der Waals surface area contributed by atoms with E-state index in [9.17, 15) is 8.78 Å². The molecule has 2 aromatic carbocycles. The van der Waals surface area contributed by atoms with Crippen LogP contribution in [-0.4, -0.2) is 72.9 Å². The van der Waals surface area contributed by atoms with Crippen LogP contribution in [-0.2, 0) is 9.47 Å². The molecule has 188 valence electrons. The van der Waals surface area contributed by atoms with Crippen LogP contribution in [0.4, 0.5) is 8.78 Å². The van der Waals surface area contributed by atoms with Crippen LogP contribution in [0, 0.1) is 11.6 Å². The monoisotopic (exact) mass is 540 g/mol. The molecule has 8 nitrogen and oxygen atoms in total. The third-order valence-corrected chi connectivity index (χ3v) is 4.04. The predicted octanol–water partition coefficient (Wildman–Crippen LogP) is 4.44. The van der Waals surface area contributed by atoms with Gasteiger partial charge in [0, 0.05) is 43.8 Å². The molecule has 0 aliphatic heterocycles. The lowest BCUT2D eigenvalue weighted by Crippen LogP contribution is -2.05. The van der Waals surface area contributed by atoms with E-state index in [1.54, 1.807) is 14.2 Å². The minimum atomic E-state index is -0.615. The maximum atomic E-state index is 13.4. The van der Waals surface area contributed by atoms with Crippen molar-refractivity contribution in [2.75, 3.05) is 67.8 Å². The summed E-state index contributed by atoms with van der Waals surface area (Å²) in [6.07, 6.45) is 0. The van der Waals surface area contributed by atoms with E-state index in [1.165, 1.54) is 46.6 Å². The Morgan fingerprint density at radius 1 is 0.636 bits per heavy atom. The van der Waals surface area contributed by atoms with Crippen molar-refractivity contribution in [3.63, 3.8) is 0 Å². The highest BCUT2D eigenvalue weighted by atomic mass is 79.9. The first kappa shape index (κ1) is 30.5. The minimum Gasteiger partial charge on any atom is -0.504 e. The number of benzene rings is 2. The van der Waals surface area contributed by atoms with Gasteiger partial charge >= 0.3 is 0 Å². The van der Waals surface area contributed by atoms with Crippen molar-refractivity contribution in [1.29, 1.82) is 0 Å². The zero-order valence-electron chi connectivity index (χ0n) is 19.6. The number of aromatic hydroxyl groups is 1. The fourth-order valence-electron chi connectivity index (χ4n) is 2.10. The summed E-state index contributed by atoms with van der Waals surface area (Å²) < 4.78 is 60.3. The summed E-state index contributed by atoms with van der Waals surface area (Å²) in [7, 11) is 8.84. The summed E-state index contributed by atoms with van der Waals surface area (Å²) in [5, 5.41) is 10.0. The average Bonchev–Trinajstić information content (AvgIpc) is 2.81. The van der Waals surface area contributed by atoms with Gasteiger partial charge in [-0.3, -0.25) is 0 Å². The second-order valence-corrected chi connectivity index (χ2v) is 6.61. The Labute approximate surface area is 201 Å². The van der Waals surface area contributed by atoms with E-state index >= 15 is 0 Å². The molecule has 0 amide bonds. The molecule has 0 bridgehead atoms. The first-order valence-corrected chi connectivity index (χ1v) is 10.6. The molecule has 2 aromatic rings.